The quantitative estimate of drug-likeness (QED) is 0.0624. The van der Waals surface area contributed by atoms with Gasteiger partial charge in [0, 0.05) is 23.3 Å². The second kappa shape index (κ2) is 18.1. The second-order valence-electron chi connectivity index (χ2n) is 9.67. The lowest BCUT2D eigenvalue weighted by Gasteiger charge is -2.03. The van der Waals surface area contributed by atoms with Gasteiger partial charge < -0.3 is 29.9 Å². The molecule has 0 atom stereocenters. The maximum absolute atomic E-state index is 11.6. The molecule has 8 heteroatoms. The normalized spacial score (nSPS) is 10.7. The van der Waals surface area contributed by atoms with Crippen molar-refractivity contribution in [2.24, 2.45) is 0 Å². The maximum atomic E-state index is 11.6. The van der Waals surface area contributed by atoms with Crippen LogP contribution in [0, 0.1) is 0 Å². The number of aromatic hydroxyl groups is 4. The van der Waals surface area contributed by atoms with Gasteiger partial charge in [0.2, 0.25) is 0 Å². The van der Waals surface area contributed by atoms with Crippen molar-refractivity contribution in [1.82, 2.24) is 0 Å². The summed E-state index contributed by atoms with van der Waals surface area (Å²) in [6, 6.07) is 28.2. The van der Waals surface area contributed by atoms with E-state index in [2.05, 4.69) is 0 Å². The van der Waals surface area contributed by atoms with Gasteiger partial charge in [-0.05, 0) is 85.4 Å². The van der Waals surface area contributed by atoms with Gasteiger partial charge in [-0.25, -0.2) is 9.59 Å². The van der Waals surface area contributed by atoms with E-state index in [1.54, 1.807) is 0 Å². The zero-order chi connectivity index (χ0) is 31.6. The molecule has 0 aromatic heterocycles. The van der Waals surface area contributed by atoms with E-state index in [4.69, 9.17) is 9.47 Å². The van der Waals surface area contributed by atoms with Gasteiger partial charge in [-0.2, -0.15) is 0 Å². The van der Waals surface area contributed by atoms with E-state index in [0.717, 1.165) is 25.7 Å². The van der Waals surface area contributed by atoms with Gasteiger partial charge in [-0.3, -0.25) is 0 Å². The van der Waals surface area contributed by atoms with Gasteiger partial charge in [-0.15, -0.1) is 0 Å². The van der Waals surface area contributed by atoms with E-state index in [1.165, 1.54) is 71.8 Å². The Morgan fingerprint density at radius 2 is 0.932 bits per heavy atom. The van der Waals surface area contributed by atoms with Crippen LogP contribution in [0.25, 0.3) is 12.2 Å². The second-order valence-corrected chi connectivity index (χ2v) is 9.67. The van der Waals surface area contributed by atoms with Crippen LogP contribution in [-0.4, -0.2) is 45.6 Å². The molecule has 0 unspecified atom stereocenters. The van der Waals surface area contributed by atoms with Crippen LogP contribution >= 0.6 is 0 Å². The average molecular weight is 597 g/mol. The number of phenolic OH excluding ortho intramolecular Hbond substituents is 4. The highest BCUT2D eigenvalue weighted by molar-refractivity contribution is 5.88. The Morgan fingerprint density at radius 3 is 1.32 bits per heavy atom. The van der Waals surface area contributed by atoms with E-state index in [0.29, 0.717) is 24.3 Å². The highest BCUT2D eigenvalue weighted by atomic mass is 16.5. The molecule has 0 spiro atoms. The van der Waals surface area contributed by atoms with Crippen molar-refractivity contribution in [2.45, 2.75) is 25.7 Å². The molecule has 0 bridgehead atoms. The first kappa shape index (κ1) is 33.0. The van der Waals surface area contributed by atoms with Crippen LogP contribution in [0.5, 0.6) is 23.0 Å². The van der Waals surface area contributed by atoms with Crippen LogP contribution in [0.15, 0.2) is 109 Å². The van der Waals surface area contributed by atoms with E-state index in [9.17, 15) is 30.0 Å². The van der Waals surface area contributed by atoms with Crippen molar-refractivity contribution in [1.29, 1.82) is 0 Å². The lowest BCUT2D eigenvalue weighted by atomic mass is 10.1. The molecule has 228 valence electrons. The third-order valence-corrected chi connectivity index (χ3v) is 6.21. The minimum Gasteiger partial charge on any atom is -0.508 e. The molecule has 44 heavy (non-hydrogen) atoms. The summed E-state index contributed by atoms with van der Waals surface area (Å²) in [4.78, 5) is 23.1. The summed E-state index contributed by atoms with van der Waals surface area (Å²) in [6.07, 6.45) is 8.50. The Balaban J connectivity index is 0.000000240. The largest absolute Gasteiger partial charge is 0.508 e. The highest BCUT2D eigenvalue weighted by Gasteiger charge is 2.03. The van der Waals surface area contributed by atoms with Crippen LogP contribution in [-0.2, 0) is 31.9 Å². The summed E-state index contributed by atoms with van der Waals surface area (Å²) in [6.45, 7) is 0.675. The van der Waals surface area contributed by atoms with Gasteiger partial charge in [-0.1, -0.05) is 60.7 Å². The van der Waals surface area contributed by atoms with Crippen molar-refractivity contribution in [2.75, 3.05) is 13.2 Å². The summed E-state index contributed by atoms with van der Waals surface area (Å²) < 4.78 is 10.2. The fourth-order valence-corrected chi connectivity index (χ4v) is 3.95. The van der Waals surface area contributed by atoms with Crippen LogP contribution in [0.3, 0.4) is 0 Å². The number of aryl methyl sites for hydroxylation is 2. The molecule has 4 rings (SSSR count). The number of rotatable bonds is 12. The Hall–Kier alpha value is -5.50. The highest BCUT2D eigenvalue weighted by Crippen LogP contribution is 2.24. The van der Waals surface area contributed by atoms with E-state index >= 15 is 0 Å². The SMILES string of the molecule is O=C(/C=C/c1cc(O)ccc1O)OCCCc1ccccc1.O=C(C=Cc1cc(O)ccc1O)OCCCc1ccccc1. The number of hydrogen-bond donors (Lipinski definition) is 4. The molecule has 0 saturated heterocycles. The molecule has 0 fully saturated rings. The molecule has 0 aliphatic carbocycles. The smallest absolute Gasteiger partial charge is 0.330 e. The fraction of sp³-hybridized carbons (Fsp3) is 0.167. The van der Waals surface area contributed by atoms with Gasteiger partial charge in [0.05, 0.1) is 13.2 Å². The number of benzene rings is 4. The zero-order valence-electron chi connectivity index (χ0n) is 24.2. The molecule has 0 aliphatic rings. The minimum absolute atomic E-state index is 0.00840. The minimum atomic E-state index is -0.476. The lowest BCUT2D eigenvalue weighted by Crippen LogP contribution is -2.03. The third kappa shape index (κ3) is 12.6. The van der Waals surface area contributed by atoms with E-state index < -0.39 is 11.9 Å². The summed E-state index contributed by atoms with van der Waals surface area (Å²) in [5.41, 5.74) is 3.14. The predicted octanol–water partition coefficient (Wildman–Crippen LogP) is 6.57. The van der Waals surface area contributed by atoms with Crippen molar-refractivity contribution in [3.8, 4) is 23.0 Å². The maximum Gasteiger partial charge on any atom is 0.330 e. The molecule has 8 nitrogen and oxygen atoms in total. The standard InChI is InChI=1S/2C18H18O4/c2*19-16-9-10-17(20)15(13-16)8-11-18(21)22-12-4-7-14-5-2-1-3-6-14/h2*1-3,5-6,8-11,13,19-20H,4,7,12H2/b11-8+;. The molecule has 0 saturated carbocycles. The van der Waals surface area contributed by atoms with Crippen molar-refractivity contribution in [3.05, 3.63) is 131 Å². The van der Waals surface area contributed by atoms with Gasteiger partial charge in [0.25, 0.3) is 0 Å². The molecule has 4 aromatic carbocycles. The summed E-state index contributed by atoms with van der Waals surface area (Å²) >= 11 is 0. The molecule has 0 heterocycles. The van der Waals surface area contributed by atoms with E-state index in [1.807, 2.05) is 60.7 Å². The predicted molar refractivity (Wildman–Crippen MR) is 169 cm³/mol. The molecule has 0 radical (unpaired) electrons. The first-order valence-electron chi connectivity index (χ1n) is 14.1. The summed E-state index contributed by atoms with van der Waals surface area (Å²) in [5, 5.41) is 37.8. The van der Waals surface area contributed by atoms with Gasteiger partial charge >= 0.3 is 11.9 Å². The Bertz CT molecular complexity index is 1410. The number of phenols is 4. The number of carbonyl (C=O) groups excluding carboxylic acids is 2. The Kier molecular flexibility index (Phi) is 13.6. The lowest BCUT2D eigenvalue weighted by molar-refractivity contribution is -0.138. The van der Waals surface area contributed by atoms with Crippen LogP contribution in [0.4, 0.5) is 0 Å². The monoisotopic (exact) mass is 596 g/mol. The zero-order valence-corrected chi connectivity index (χ0v) is 24.2. The Morgan fingerprint density at radius 1 is 0.545 bits per heavy atom. The fourth-order valence-electron chi connectivity index (χ4n) is 3.95. The molecule has 4 N–H and O–H groups in total. The first-order chi connectivity index (χ1) is 21.3. The van der Waals surface area contributed by atoms with Crippen molar-refractivity contribution < 1.29 is 39.5 Å². The topological polar surface area (TPSA) is 134 Å². The molecule has 4 aromatic rings. The number of ether oxygens (including phenoxy) is 2. The number of hydrogen-bond acceptors (Lipinski definition) is 8. The molecule has 0 amide bonds. The van der Waals surface area contributed by atoms with Gasteiger partial charge in [0.1, 0.15) is 23.0 Å². The average Bonchev–Trinajstić information content (AvgIpc) is 3.03. The van der Waals surface area contributed by atoms with Crippen LogP contribution in [0.1, 0.15) is 35.1 Å². The number of esters is 2. The molecular weight excluding hydrogens is 560 g/mol. The third-order valence-electron chi connectivity index (χ3n) is 6.21. The summed E-state index contributed by atoms with van der Waals surface area (Å²) in [7, 11) is 0. The van der Waals surface area contributed by atoms with Crippen molar-refractivity contribution >= 4 is 24.1 Å². The van der Waals surface area contributed by atoms with Crippen molar-refractivity contribution in [3.63, 3.8) is 0 Å². The Labute approximate surface area is 256 Å². The van der Waals surface area contributed by atoms with Crippen LogP contribution in [0.2, 0.25) is 0 Å². The van der Waals surface area contributed by atoms with Crippen LogP contribution < -0.4 is 0 Å². The molecular formula is C36H36O8. The van der Waals surface area contributed by atoms with Gasteiger partial charge in [0.15, 0.2) is 0 Å². The summed E-state index contributed by atoms with van der Waals surface area (Å²) in [5.74, 6) is -0.925. The molecule has 0 aliphatic heterocycles. The first-order valence-corrected chi connectivity index (χ1v) is 14.1. The van der Waals surface area contributed by atoms with E-state index in [-0.39, 0.29) is 23.0 Å². The number of carbonyl (C=O) groups is 2.